The minimum Gasteiger partial charge on any atom is -0.480 e. The lowest BCUT2D eigenvalue weighted by Crippen LogP contribution is -2.32. The maximum atomic E-state index is 10.8. The number of aromatic nitrogens is 1. The number of benzene rings is 1. The molecule has 0 saturated heterocycles. The lowest BCUT2D eigenvalue weighted by Gasteiger charge is -2.04. The Hall–Kier alpha value is -2.01. The van der Waals surface area contributed by atoms with Crippen LogP contribution in [0.25, 0.3) is 10.9 Å². The molecule has 0 amide bonds. The highest BCUT2D eigenvalue weighted by Crippen LogP contribution is 2.21. The van der Waals surface area contributed by atoms with Crippen molar-refractivity contribution in [2.24, 2.45) is 5.73 Å². The highest BCUT2D eigenvalue weighted by molar-refractivity contribution is 5.84. The first kappa shape index (κ1) is 11.5. The Morgan fingerprint density at radius 3 is 2.88 bits per heavy atom. The Kier molecular flexibility index (Phi) is 3.01. The van der Waals surface area contributed by atoms with E-state index >= 15 is 0 Å². The Labute approximate surface area is 98.4 Å². The number of para-hydroxylation sites is 1. The molecule has 0 fully saturated rings. The number of carboxylic acids is 1. The maximum absolute atomic E-state index is 10.8. The van der Waals surface area contributed by atoms with E-state index in [2.05, 4.69) is 0 Å². The van der Waals surface area contributed by atoms with Gasteiger partial charge in [0, 0.05) is 18.0 Å². The van der Waals surface area contributed by atoms with Gasteiger partial charge in [0.1, 0.15) is 13.2 Å². The second-order valence-corrected chi connectivity index (χ2v) is 3.83. The van der Waals surface area contributed by atoms with Crippen LogP contribution in [0, 0.1) is 0 Å². The summed E-state index contributed by atoms with van der Waals surface area (Å²) in [6.45, 7) is 0. The third-order valence-electron chi connectivity index (χ3n) is 2.71. The van der Waals surface area contributed by atoms with Crippen LogP contribution in [0.15, 0.2) is 30.5 Å². The van der Waals surface area contributed by atoms with Gasteiger partial charge in [0.2, 0.25) is 0 Å². The zero-order valence-corrected chi connectivity index (χ0v) is 9.46. The average molecular weight is 234 g/mol. The number of carbonyl (C=O) groups is 1. The summed E-state index contributed by atoms with van der Waals surface area (Å²) in [7, 11) is 1.56. The zero-order valence-electron chi connectivity index (χ0n) is 9.46. The van der Waals surface area contributed by atoms with E-state index in [9.17, 15) is 4.79 Å². The zero-order chi connectivity index (χ0) is 12.4. The Balaban J connectivity index is 2.44. The number of hydrogen-bond acceptors (Lipinski definition) is 3. The largest absolute Gasteiger partial charge is 0.480 e. The third kappa shape index (κ3) is 2.09. The molecule has 1 aromatic carbocycles. The normalized spacial score (nSPS) is 12.6. The van der Waals surface area contributed by atoms with Crippen LogP contribution in [0.5, 0.6) is 0 Å². The monoisotopic (exact) mass is 234 g/mol. The molecular formula is C12H14N2O3. The van der Waals surface area contributed by atoms with Gasteiger partial charge >= 0.3 is 5.97 Å². The van der Waals surface area contributed by atoms with Gasteiger partial charge in [-0.05, 0) is 11.6 Å². The van der Waals surface area contributed by atoms with Gasteiger partial charge in [0.25, 0.3) is 0 Å². The molecule has 0 aliphatic carbocycles. The smallest absolute Gasteiger partial charge is 0.320 e. The van der Waals surface area contributed by atoms with Crippen molar-refractivity contribution >= 4 is 16.9 Å². The molecule has 2 rings (SSSR count). The molecule has 0 unspecified atom stereocenters. The molecule has 17 heavy (non-hydrogen) atoms. The maximum Gasteiger partial charge on any atom is 0.320 e. The molecule has 5 nitrogen and oxygen atoms in total. The van der Waals surface area contributed by atoms with Crippen molar-refractivity contribution < 1.29 is 14.7 Å². The average Bonchev–Trinajstić information content (AvgIpc) is 2.68. The summed E-state index contributed by atoms with van der Waals surface area (Å²) in [6, 6.07) is 6.74. The van der Waals surface area contributed by atoms with Crippen molar-refractivity contribution in [1.29, 1.82) is 0 Å². The van der Waals surface area contributed by atoms with Gasteiger partial charge in [0.05, 0.1) is 5.52 Å². The lowest BCUT2D eigenvalue weighted by atomic mass is 10.1. The van der Waals surface area contributed by atoms with Gasteiger partial charge in [-0.3, -0.25) is 4.79 Å². The molecule has 0 spiro atoms. The highest BCUT2D eigenvalue weighted by atomic mass is 16.6. The molecule has 0 bridgehead atoms. The van der Waals surface area contributed by atoms with Crippen LogP contribution in [0.4, 0.5) is 0 Å². The summed E-state index contributed by atoms with van der Waals surface area (Å²) in [5, 5.41) is 9.78. The number of nitrogens with zero attached hydrogens (tertiary/aromatic N) is 1. The third-order valence-corrected chi connectivity index (χ3v) is 2.71. The minimum atomic E-state index is -1.00. The van der Waals surface area contributed by atoms with Crippen LogP contribution in [0.1, 0.15) is 5.56 Å². The molecule has 90 valence electrons. The van der Waals surface area contributed by atoms with Gasteiger partial charge in [-0.25, -0.2) is 0 Å². The number of aliphatic carboxylic acids is 1. The predicted octanol–water partition coefficient (Wildman–Crippen LogP) is 0.654. The van der Waals surface area contributed by atoms with Crippen molar-refractivity contribution in [2.75, 3.05) is 7.11 Å². The molecular weight excluding hydrogens is 220 g/mol. The summed E-state index contributed by atoms with van der Waals surface area (Å²) < 4.78 is 1.61. The van der Waals surface area contributed by atoms with Crippen LogP contribution in [-0.4, -0.2) is 29.0 Å². The molecule has 2 aromatic rings. The molecule has 0 radical (unpaired) electrons. The first-order valence-corrected chi connectivity index (χ1v) is 5.25. The molecule has 1 heterocycles. The van der Waals surface area contributed by atoms with E-state index in [0.717, 1.165) is 16.5 Å². The van der Waals surface area contributed by atoms with Crippen molar-refractivity contribution in [1.82, 2.24) is 4.73 Å². The fourth-order valence-electron chi connectivity index (χ4n) is 1.86. The number of hydrogen-bond donors (Lipinski definition) is 2. The van der Waals surface area contributed by atoms with Gasteiger partial charge in [-0.15, -0.1) is 0 Å². The first-order chi connectivity index (χ1) is 8.13. The summed E-state index contributed by atoms with van der Waals surface area (Å²) in [5.41, 5.74) is 7.32. The van der Waals surface area contributed by atoms with Crippen molar-refractivity contribution in [3.8, 4) is 0 Å². The quantitative estimate of drug-likeness (QED) is 0.814. The van der Waals surface area contributed by atoms with Crippen LogP contribution in [-0.2, 0) is 11.2 Å². The summed E-state index contributed by atoms with van der Waals surface area (Å²) in [5.74, 6) is -1.00. The van der Waals surface area contributed by atoms with Crippen LogP contribution < -0.4 is 10.6 Å². The standard InChI is InChI=1S/C12H14N2O3/c1-17-14-7-8(6-10(13)12(15)16)9-4-2-3-5-11(9)14/h2-5,7,10H,6,13H2,1H3,(H,15,16)/t10-/m1/s1. The van der Waals surface area contributed by atoms with Crippen molar-refractivity contribution in [3.05, 3.63) is 36.0 Å². The number of nitrogens with two attached hydrogens (primary N) is 1. The number of fused-ring (bicyclic) bond motifs is 1. The molecule has 1 aromatic heterocycles. The van der Waals surface area contributed by atoms with E-state index in [1.54, 1.807) is 18.0 Å². The van der Waals surface area contributed by atoms with E-state index in [1.165, 1.54) is 0 Å². The van der Waals surface area contributed by atoms with Gasteiger partial charge in [-0.1, -0.05) is 18.2 Å². The van der Waals surface area contributed by atoms with E-state index < -0.39 is 12.0 Å². The van der Waals surface area contributed by atoms with Gasteiger partial charge < -0.3 is 15.7 Å². The van der Waals surface area contributed by atoms with Crippen molar-refractivity contribution in [2.45, 2.75) is 12.5 Å². The first-order valence-electron chi connectivity index (χ1n) is 5.25. The molecule has 1 atom stereocenters. The SMILES string of the molecule is COn1cc(C[C@@H](N)C(=O)O)c2ccccc21. The lowest BCUT2D eigenvalue weighted by molar-refractivity contribution is -0.138. The Morgan fingerprint density at radius 2 is 2.24 bits per heavy atom. The minimum absolute atomic E-state index is 0.284. The fraction of sp³-hybridized carbons (Fsp3) is 0.250. The number of rotatable bonds is 4. The predicted molar refractivity (Wildman–Crippen MR) is 63.8 cm³/mol. The van der Waals surface area contributed by atoms with Crippen LogP contribution in [0.3, 0.4) is 0 Å². The summed E-state index contributed by atoms with van der Waals surface area (Å²) in [6.07, 6.45) is 2.06. The molecule has 5 heteroatoms. The Bertz CT molecular complexity index is 548. The van der Waals surface area contributed by atoms with E-state index in [-0.39, 0.29) is 6.42 Å². The van der Waals surface area contributed by atoms with E-state index in [1.807, 2.05) is 24.3 Å². The summed E-state index contributed by atoms with van der Waals surface area (Å²) >= 11 is 0. The van der Waals surface area contributed by atoms with Crippen molar-refractivity contribution in [3.63, 3.8) is 0 Å². The van der Waals surface area contributed by atoms with Gasteiger partial charge in [0.15, 0.2) is 0 Å². The number of carboxylic acid groups (broad SMARTS) is 1. The second kappa shape index (κ2) is 4.47. The topological polar surface area (TPSA) is 77.5 Å². The van der Waals surface area contributed by atoms with Crippen LogP contribution >= 0.6 is 0 Å². The Morgan fingerprint density at radius 1 is 1.53 bits per heavy atom. The summed E-state index contributed by atoms with van der Waals surface area (Å²) in [4.78, 5) is 15.9. The second-order valence-electron chi connectivity index (χ2n) is 3.83. The molecule has 0 aliphatic heterocycles. The fourth-order valence-corrected chi connectivity index (χ4v) is 1.86. The van der Waals surface area contributed by atoms with E-state index in [0.29, 0.717) is 0 Å². The molecule has 0 aliphatic rings. The molecule has 0 saturated carbocycles. The molecule has 3 N–H and O–H groups in total. The highest BCUT2D eigenvalue weighted by Gasteiger charge is 2.16. The van der Waals surface area contributed by atoms with Crippen LogP contribution in [0.2, 0.25) is 0 Å². The van der Waals surface area contributed by atoms with Gasteiger partial charge in [-0.2, -0.15) is 4.73 Å². The van der Waals surface area contributed by atoms with E-state index in [4.69, 9.17) is 15.7 Å².